The van der Waals surface area contributed by atoms with Gasteiger partial charge in [0, 0.05) is 13.1 Å². The first-order chi connectivity index (χ1) is 7.88. The van der Waals surface area contributed by atoms with Crippen LogP contribution in [0.2, 0.25) is 5.15 Å². The molecule has 0 amide bonds. The first kappa shape index (κ1) is 12.5. The number of rotatable bonds is 1. The van der Waals surface area contributed by atoms with Crippen molar-refractivity contribution in [2.75, 3.05) is 23.7 Å². The van der Waals surface area contributed by atoms with Crippen LogP contribution in [-0.4, -0.2) is 18.1 Å². The van der Waals surface area contributed by atoms with Crippen LogP contribution >= 0.6 is 11.6 Å². The average Bonchev–Trinajstić information content (AvgIpc) is 2.70. The van der Waals surface area contributed by atoms with Crippen molar-refractivity contribution in [1.82, 2.24) is 4.98 Å². The van der Waals surface area contributed by atoms with E-state index in [-0.39, 0.29) is 0 Å². The van der Waals surface area contributed by atoms with E-state index in [0.29, 0.717) is 22.2 Å². The normalized spacial score (nSPS) is 20.9. The second kappa shape index (κ2) is 4.37. The fourth-order valence-corrected chi connectivity index (χ4v) is 2.49. The van der Waals surface area contributed by atoms with Crippen molar-refractivity contribution in [3.05, 3.63) is 17.3 Å². The summed E-state index contributed by atoms with van der Waals surface area (Å²) in [5.41, 5.74) is 7.01. The van der Waals surface area contributed by atoms with Crippen LogP contribution < -0.4 is 10.6 Å². The van der Waals surface area contributed by atoms with Gasteiger partial charge in [-0.05, 0) is 29.9 Å². The minimum Gasteiger partial charge on any atom is -0.396 e. The Kier molecular flexibility index (Phi) is 3.21. The maximum Gasteiger partial charge on any atom is 0.153 e. The summed E-state index contributed by atoms with van der Waals surface area (Å²) in [5, 5.41) is 0.508. The van der Waals surface area contributed by atoms with E-state index in [2.05, 4.69) is 30.7 Å². The standard InChI is InChI=1S/C13H20ClN3/c1-13(2,3)9-6-7-17(8-9)12-10(15)4-5-11(14)16-12/h4-5,9H,6-8,15H2,1-3H3. The Morgan fingerprint density at radius 2 is 2.12 bits per heavy atom. The molecule has 1 aromatic rings. The van der Waals surface area contributed by atoms with Gasteiger partial charge in [0.15, 0.2) is 5.82 Å². The van der Waals surface area contributed by atoms with Crippen LogP contribution in [0.5, 0.6) is 0 Å². The maximum absolute atomic E-state index is 5.96. The van der Waals surface area contributed by atoms with Gasteiger partial charge < -0.3 is 10.6 Å². The van der Waals surface area contributed by atoms with E-state index in [0.717, 1.165) is 18.9 Å². The number of pyridine rings is 1. The number of nitrogens with two attached hydrogens (primary N) is 1. The number of anilines is 2. The molecule has 1 aliphatic rings. The molecule has 3 nitrogen and oxygen atoms in total. The summed E-state index contributed by atoms with van der Waals surface area (Å²) in [7, 11) is 0. The lowest BCUT2D eigenvalue weighted by molar-refractivity contribution is 0.263. The van der Waals surface area contributed by atoms with E-state index in [4.69, 9.17) is 17.3 Å². The van der Waals surface area contributed by atoms with Crippen molar-refractivity contribution in [2.45, 2.75) is 27.2 Å². The first-order valence-corrected chi connectivity index (χ1v) is 6.42. The lowest BCUT2D eigenvalue weighted by atomic mass is 9.80. The van der Waals surface area contributed by atoms with Gasteiger partial charge in [0.1, 0.15) is 5.15 Å². The molecule has 0 spiro atoms. The second-order valence-corrected chi connectivity index (χ2v) is 6.23. The lowest BCUT2D eigenvalue weighted by Crippen LogP contribution is -2.26. The van der Waals surface area contributed by atoms with Crippen LogP contribution in [0.3, 0.4) is 0 Å². The predicted molar refractivity (Wildman–Crippen MR) is 73.4 cm³/mol. The number of hydrogen-bond donors (Lipinski definition) is 1. The Bertz CT molecular complexity index is 412. The number of halogens is 1. The lowest BCUT2D eigenvalue weighted by Gasteiger charge is -2.27. The molecule has 4 heteroatoms. The van der Waals surface area contributed by atoms with Gasteiger partial charge in [-0.3, -0.25) is 0 Å². The highest BCUT2D eigenvalue weighted by molar-refractivity contribution is 6.29. The van der Waals surface area contributed by atoms with Gasteiger partial charge in [-0.25, -0.2) is 4.98 Å². The van der Waals surface area contributed by atoms with Crippen molar-refractivity contribution in [1.29, 1.82) is 0 Å². The first-order valence-electron chi connectivity index (χ1n) is 6.05. The Morgan fingerprint density at radius 3 is 2.71 bits per heavy atom. The molecule has 0 radical (unpaired) electrons. The van der Waals surface area contributed by atoms with Gasteiger partial charge in [0.25, 0.3) is 0 Å². The van der Waals surface area contributed by atoms with Crippen molar-refractivity contribution in [3.63, 3.8) is 0 Å². The molecule has 1 atom stereocenters. The molecule has 17 heavy (non-hydrogen) atoms. The molecular weight excluding hydrogens is 234 g/mol. The topological polar surface area (TPSA) is 42.2 Å². The molecule has 2 heterocycles. The SMILES string of the molecule is CC(C)(C)C1CCN(c2nc(Cl)ccc2N)C1. The number of hydrogen-bond acceptors (Lipinski definition) is 3. The van der Waals surface area contributed by atoms with Crippen LogP contribution in [0.25, 0.3) is 0 Å². The van der Waals surface area contributed by atoms with Crippen LogP contribution in [0.4, 0.5) is 11.5 Å². The number of nitrogen functional groups attached to an aromatic ring is 1. The summed E-state index contributed by atoms with van der Waals surface area (Å²) in [6.07, 6.45) is 1.19. The molecule has 1 aromatic heterocycles. The minimum absolute atomic E-state index is 0.335. The molecule has 94 valence electrons. The zero-order valence-corrected chi connectivity index (χ0v) is 11.5. The molecule has 2 rings (SSSR count). The third-order valence-corrected chi connectivity index (χ3v) is 3.79. The maximum atomic E-state index is 5.96. The van der Waals surface area contributed by atoms with Crippen LogP contribution in [0.1, 0.15) is 27.2 Å². The highest BCUT2D eigenvalue weighted by Crippen LogP contribution is 2.36. The third kappa shape index (κ3) is 2.65. The highest BCUT2D eigenvalue weighted by atomic mass is 35.5. The zero-order valence-electron chi connectivity index (χ0n) is 10.7. The summed E-state index contributed by atoms with van der Waals surface area (Å²) in [5.74, 6) is 1.52. The quantitative estimate of drug-likeness (QED) is 0.782. The fourth-order valence-electron chi connectivity index (χ4n) is 2.35. The Morgan fingerprint density at radius 1 is 1.41 bits per heavy atom. The molecule has 1 unspecified atom stereocenters. The smallest absolute Gasteiger partial charge is 0.153 e. The summed E-state index contributed by atoms with van der Waals surface area (Å²) < 4.78 is 0. The largest absolute Gasteiger partial charge is 0.396 e. The van der Waals surface area contributed by atoms with Crippen molar-refractivity contribution in [2.24, 2.45) is 11.3 Å². The summed E-state index contributed by atoms with van der Waals surface area (Å²) in [6, 6.07) is 3.56. The van der Waals surface area contributed by atoms with Crippen LogP contribution in [0.15, 0.2) is 12.1 Å². The predicted octanol–water partition coefficient (Wildman–Crippen LogP) is 3.19. The number of aromatic nitrogens is 1. The Hall–Kier alpha value is -0.960. The molecule has 1 aliphatic heterocycles. The third-order valence-electron chi connectivity index (χ3n) is 3.58. The molecule has 2 N–H and O–H groups in total. The molecule has 1 fully saturated rings. The van der Waals surface area contributed by atoms with Crippen molar-refractivity contribution < 1.29 is 0 Å². The van der Waals surface area contributed by atoms with E-state index >= 15 is 0 Å². The van der Waals surface area contributed by atoms with Gasteiger partial charge in [-0.2, -0.15) is 0 Å². The molecular formula is C13H20ClN3. The molecule has 0 aliphatic carbocycles. The molecule has 0 aromatic carbocycles. The summed E-state index contributed by atoms with van der Waals surface area (Å²) >= 11 is 5.93. The fraction of sp³-hybridized carbons (Fsp3) is 0.615. The van der Waals surface area contributed by atoms with Gasteiger partial charge in [0.05, 0.1) is 5.69 Å². The van der Waals surface area contributed by atoms with Gasteiger partial charge in [-0.1, -0.05) is 32.4 Å². The highest BCUT2D eigenvalue weighted by Gasteiger charge is 2.32. The Labute approximate surface area is 108 Å². The molecule has 0 bridgehead atoms. The van der Waals surface area contributed by atoms with Crippen LogP contribution in [-0.2, 0) is 0 Å². The van der Waals surface area contributed by atoms with Crippen LogP contribution in [0, 0.1) is 11.3 Å². The van der Waals surface area contributed by atoms with E-state index < -0.39 is 0 Å². The van der Waals surface area contributed by atoms with Crippen molar-refractivity contribution >= 4 is 23.1 Å². The van der Waals surface area contributed by atoms with Gasteiger partial charge >= 0.3 is 0 Å². The van der Waals surface area contributed by atoms with E-state index in [1.54, 1.807) is 6.07 Å². The van der Waals surface area contributed by atoms with Crippen molar-refractivity contribution in [3.8, 4) is 0 Å². The zero-order chi connectivity index (χ0) is 12.6. The van der Waals surface area contributed by atoms with E-state index in [9.17, 15) is 0 Å². The summed E-state index contributed by atoms with van der Waals surface area (Å²) in [4.78, 5) is 6.58. The van der Waals surface area contributed by atoms with E-state index in [1.165, 1.54) is 6.42 Å². The molecule has 1 saturated heterocycles. The average molecular weight is 254 g/mol. The monoisotopic (exact) mass is 253 g/mol. The van der Waals surface area contributed by atoms with E-state index in [1.807, 2.05) is 6.07 Å². The van der Waals surface area contributed by atoms with Gasteiger partial charge in [-0.15, -0.1) is 0 Å². The second-order valence-electron chi connectivity index (χ2n) is 5.84. The molecule has 0 saturated carbocycles. The number of nitrogens with zero attached hydrogens (tertiary/aromatic N) is 2. The minimum atomic E-state index is 0.335. The van der Waals surface area contributed by atoms with Gasteiger partial charge in [0.2, 0.25) is 0 Å². The summed E-state index contributed by atoms with van der Waals surface area (Å²) in [6.45, 7) is 8.89. The Balaban J connectivity index is 2.18.